The van der Waals surface area contributed by atoms with E-state index < -0.39 is 21.9 Å². The molecule has 1 atom stereocenters. The van der Waals surface area contributed by atoms with Gasteiger partial charge in [-0.2, -0.15) is 0 Å². The van der Waals surface area contributed by atoms with Gasteiger partial charge in [-0.15, -0.1) is 0 Å². The van der Waals surface area contributed by atoms with Crippen LogP contribution < -0.4 is 9.62 Å². The number of carbonyl (C=O) groups excluding carboxylic acids is 1. The Morgan fingerprint density at radius 2 is 2.15 bits per heavy atom. The highest BCUT2D eigenvalue weighted by Crippen LogP contribution is 2.27. The van der Waals surface area contributed by atoms with E-state index in [0.29, 0.717) is 11.4 Å². The molecule has 0 aliphatic carbocycles. The number of sulfonamides is 1. The van der Waals surface area contributed by atoms with Crippen molar-refractivity contribution in [2.45, 2.75) is 6.42 Å². The number of amides is 1. The molecule has 1 fully saturated rings. The summed E-state index contributed by atoms with van der Waals surface area (Å²) in [6, 6.07) is 6.29. The second-order valence-corrected chi connectivity index (χ2v) is 6.42. The molecule has 2 N–H and O–H groups in total. The van der Waals surface area contributed by atoms with Crippen LogP contribution in [-0.2, 0) is 19.6 Å². The molecule has 1 heterocycles. The van der Waals surface area contributed by atoms with Gasteiger partial charge in [0.15, 0.2) is 0 Å². The minimum atomic E-state index is -3.40. The van der Waals surface area contributed by atoms with Crippen LogP contribution in [0.15, 0.2) is 24.3 Å². The van der Waals surface area contributed by atoms with Crippen molar-refractivity contribution < 1.29 is 23.1 Å². The first-order valence-corrected chi connectivity index (χ1v) is 7.76. The molecular formula is C12H14N2O5S. The van der Waals surface area contributed by atoms with Crippen LogP contribution in [0.3, 0.4) is 0 Å². The Kier molecular flexibility index (Phi) is 3.67. The van der Waals surface area contributed by atoms with Gasteiger partial charge in [-0.3, -0.25) is 14.3 Å². The van der Waals surface area contributed by atoms with E-state index in [1.165, 1.54) is 11.0 Å². The molecule has 20 heavy (non-hydrogen) atoms. The van der Waals surface area contributed by atoms with E-state index >= 15 is 0 Å². The number of nitrogens with zero attached hydrogens (tertiary/aromatic N) is 1. The monoisotopic (exact) mass is 298 g/mol. The van der Waals surface area contributed by atoms with Gasteiger partial charge in [0.2, 0.25) is 15.9 Å². The lowest BCUT2D eigenvalue weighted by atomic mass is 10.1. The number of aliphatic carboxylic acids is 1. The van der Waals surface area contributed by atoms with Crippen molar-refractivity contribution >= 4 is 33.3 Å². The van der Waals surface area contributed by atoms with Crippen LogP contribution in [0.2, 0.25) is 0 Å². The molecule has 0 saturated carbocycles. The van der Waals surface area contributed by atoms with Crippen LogP contribution in [0.1, 0.15) is 6.42 Å². The molecule has 0 spiro atoms. The first kappa shape index (κ1) is 14.3. The summed E-state index contributed by atoms with van der Waals surface area (Å²) in [5.41, 5.74) is 0.809. The van der Waals surface area contributed by atoms with Crippen LogP contribution in [0, 0.1) is 5.92 Å². The normalized spacial score (nSPS) is 19.1. The molecule has 1 amide bonds. The van der Waals surface area contributed by atoms with E-state index in [0.717, 1.165) is 6.26 Å². The first-order valence-electron chi connectivity index (χ1n) is 5.87. The van der Waals surface area contributed by atoms with Gasteiger partial charge < -0.3 is 10.0 Å². The predicted molar refractivity (Wildman–Crippen MR) is 73.0 cm³/mol. The van der Waals surface area contributed by atoms with Crippen molar-refractivity contribution in [3.63, 3.8) is 0 Å². The number of nitrogens with one attached hydrogen (secondary N) is 1. The smallest absolute Gasteiger partial charge is 0.308 e. The molecule has 8 heteroatoms. The number of anilines is 2. The molecule has 0 aromatic heterocycles. The number of hydrogen-bond donors (Lipinski definition) is 2. The molecule has 0 bridgehead atoms. The van der Waals surface area contributed by atoms with Crippen molar-refractivity contribution in [1.29, 1.82) is 0 Å². The number of carboxylic acids is 1. The predicted octanol–water partition coefficient (Wildman–Crippen LogP) is 0.496. The maximum absolute atomic E-state index is 11.8. The largest absolute Gasteiger partial charge is 0.481 e. The number of carbonyl (C=O) groups is 2. The number of hydrogen-bond acceptors (Lipinski definition) is 4. The van der Waals surface area contributed by atoms with E-state index in [1.54, 1.807) is 18.2 Å². The Morgan fingerprint density at radius 1 is 1.45 bits per heavy atom. The zero-order chi connectivity index (χ0) is 14.9. The highest BCUT2D eigenvalue weighted by molar-refractivity contribution is 7.92. The molecule has 0 radical (unpaired) electrons. The summed E-state index contributed by atoms with van der Waals surface area (Å²) < 4.78 is 24.7. The van der Waals surface area contributed by atoms with Gasteiger partial charge in [0, 0.05) is 18.7 Å². The quantitative estimate of drug-likeness (QED) is 0.842. The molecule has 1 aliphatic rings. The highest BCUT2D eigenvalue weighted by atomic mass is 32.2. The third kappa shape index (κ3) is 3.27. The van der Waals surface area contributed by atoms with E-state index in [1.807, 2.05) is 0 Å². The van der Waals surface area contributed by atoms with Crippen molar-refractivity contribution in [3.05, 3.63) is 24.3 Å². The third-order valence-corrected chi connectivity index (χ3v) is 3.54. The number of benzene rings is 1. The van der Waals surface area contributed by atoms with E-state index in [2.05, 4.69) is 4.72 Å². The van der Waals surface area contributed by atoms with Gasteiger partial charge in [-0.25, -0.2) is 8.42 Å². The fourth-order valence-electron chi connectivity index (χ4n) is 2.07. The van der Waals surface area contributed by atoms with Crippen LogP contribution >= 0.6 is 0 Å². The number of carboxylic acid groups (broad SMARTS) is 1. The average Bonchev–Trinajstić information content (AvgIpc) is 2.69. The van der Waals surface area contributed by atoms with E-state index in [9.17, 15) is 18.0 Å². The molecule has 1 saturated heterocycles. The maximum atomic E-state index is 11.8. The highest BCUT2D eigenvalue weighted by Gasteiger charge is 2.35. The average molecular weight is 298 g/mol. The van der Waals surface area contributed by atoms with Gasteiger partial charge in [0.25, 0.3) is 0 Å². The minimum absolute atomic E-state index is 0.0426. The van der Waals surface area contributed by atoms with Crippen molar-refractivity contribution in [3.8, 4) is 0 Å². The van der Waals surface area contributed by atoms with Crippen LogP contribution in [0.5, 0.6) is 0 Å². The summed E-state index contributed by atoms with van der Waals surface area (Å²) in [4.78, 5) is 24.1. The summed E-state index contributed by atoms with van der Waals surface area (Å²) in [7, 11) is -3.40. The first-order chi connectivity index (χ1) is 9.26. The van der Waals surface area contributed by atoms with Gasteiger partial charge in [-0.1, -0.05) is 6.07 Å². The molecule has 1 aromatic rings. The van der Waals surface area contributed by atoms with Crippen LogP contribution in [0.4, 0.5) is 11.4 Å². The summed E-state index contributed by atoms with van der Waals surface area (Å²) in [5.74, 6) is -2.02. The van der Waals surface area contributed by atoms with Gasteiger partial charge in [0.05, 0.1) is 17.9 Å². The van der Waals surface area contributed by atoms with Crippen molar-refractivity contribution in [2.24, 2.45) is 5.92 Å². The molecule has 0 unspecified atom stereocenters. The topological polar surface area (TPSA) is 104 Å². The SMILES string of the molecule is CS(=O)(=O)Nc1cccc(N2C[C@@H](C(=O)O)CC2=O)c1. The van der Waals surface area contributed by atoms with Gasteiger partial charge >= 0.3 is 5.97 Å². The molecule has 108 valence electrons. The molecule has 2 rings (SSSR count). The van der Waals surface area contributed by atoms with Crippen molar-refractivity contribution in [1.82, 2.24) is 0 Å². The summed E-state index contributed by atoms with van der Waals surface area (Å²) in [6.07, 6.45) is 0.986. The zero-order valence-corrected chi connectivity index (χ0v) is 11.6. The van der Waals surface area contributed by atoms with E-state index in [4.69, 9.17) is 5.11 Å². The lowest BCUT2D eigenvalue weighted by Crippen LogP contribution is -2.25. The standard InChI is InChI=1S/C12H14N2O5S/c1-20(18,19)13-9-3-2-4-10(6-9)14-7-8(12(16)17)5-11(14)15/h2-4,6,8,13H,5,7H2,1H3,(H,16,17)/t8-/m0/s1. The van der Waals surface area contributed by atoms with Crippen LogP contribution in [-0.4, -0.2) is 38.2 Å². The zero-order valence-electron chi connectivity index (χ0n) is 10.7. The Morgan fingerprint density at radius 3 is 2.70 bits per heavy atom. The fourth-order valence-corrected chi connectivity index (χ4v) is 2.63. The van der Waals surface area contributed by atoms with Gasteiger partial charge in [-0.05, 0) is 18.2 Å². The van der Waals surface area contributed by atoms with E-state index in [-0.39, 0.29) is 18.9 Å². The third-order valence-electron chi connectivity index (χ3n) is 2.94. The molecule has 7 nitrogen and oxygen atoms in total. The molecule has 1 aromatic carbocycles. The summed E-state index contributed by atoms with van der Waals surface area (Å²) in [6.45, 7) is 0.0937. The second kappa shape index (κ2) is 5.12. The second-order valence-electron chi connectivity index (χ2n) is 4.67. The molecule has 1 aliphatic heterocycles. The minimum Gasteiger partial charge on any atom is -0.481 e. The molecular weight excluding hydrogens is 284 g/mol. The fraction of sp³-hybridized carbons (Fsp3) is 0.333. The Bertz CT molecular complexity index is 656. The Hall–Kier alpha value is -2.09. The summed E-state index contributed by atoms with van der Waals surface area (Å²) >= 11 is 0. The van der Waals surface area contributed by atoms with Crippen molar-refractivity contribution in [2.75, 3.05) is 22.4 Å². The lowest BCUT2D eigenvalue weighted by molar-refractivity contribution is -0.141. The Balaban J connectivity index is 2.23. The number of rotatable bonds is 4. The van der Waals surface area contributed by atoms with Crippen LogP contribution in [0.25, 0.3) is 0 Å². The summed E-state index contributed by atoms with van der Waals surface area (Å²) in [5, 5.41) is 8.93. The lowest BCUT2D eigenvalue weighted by Gasteiger charge is -2.17. The van der Waals surface area contributed by atoms with Gasteiger partial charge in [0.1, 0.15) is 0 Å². The Labute approximate surface area is 116 Å². The maximum Gasteiger partial charge on any atom is 0.308 e.